The molecular weight excluding hydrogens is 464 g/mol. The van der Waals surface area contributed by atoms with E-state index in [0.717, 1.165) is 22.7 Å². The van der Waals surface area contributed by atoms with E-state index in [1.54, 1.807) is 30.5 Å². The average molecular weight is 487 g/mol. The van der Waals surface area contributed by atoms with Gasteiger partial charge >= 0.3 is 0 Å². The summed E-state index contributed by atoms with van der Waals surface area (Å²) in [5.74, 6) is 1.87. The van der Waals surface area contributed by atoms with E-state index in [1.165, 1.54) is 7.11 Å². The number of carbonyl (C=O) groups excluding carboxylic acids is 1. The normalized spacial score (nSPS) is 10.7. The first-order chi connectivity index (χ1) is 17.1. The molecule has 0 saturated heterocycles. The molecule has 0 fully saturated rings. The average Bonchev–Trinajstić information content (AvgIpc) is 2.88. The Bertz CT molecular complexity index is 1290. The SMILES string of the molecule is COc1cc(C=Nc2ccc(Oc3ccccc3)cc2)cc(Cl)c1OCC(=O)Nc1ccccc1. The van der Waals surface area contributed by atoms with Gasteiger partial charge in [0.2, 0.25) is 0 Å². The first-order valence-electron chi connectivity index (χ1n) is 10.8. The van der Waals surface area contributed by atoms with Gasteiger partial charge in [0.15, 0.2) is 18.1 Å². The summed E-state index contributed by atoms with van der Waals surface area (Å²) in [7, 11) is 1.51. The van der Waals surface area contributed by atoms with Crippen LogP contribution in [-0.2, 0) is 4.79 Å². The molecule has 0 unspecified atom stereocenters. The molecule has 35 heavy (non-hydrogen) atoms. The minimum absolute atomic E-state index is 0.212. The topological polar surface area (TPSA) is 69.1 Å². The van der Waals surface area contributed by atoms with Crippen LogP contribution in [0.4, 0.5) is 11.4 Å². The summed E-state index contributed by atoms with van der Waals surface area (Å²) in [4.78, 5) is 16.7. The number of carbonyl (C=O) groups is 1. The number of amides is 1. The fourth-order valence-electron chi connectivity index (χ4n) is 3.18. The Kier molecular flexibility index (Phi) is 7.99. The summed E-state index contributed by atoms with van der Waals surface area (Å²) in [6.07, 6.45) is 1.67. The molecule has 4 rings (SSSR count). The monoisotopic (exact) mass is 486 g/mol. The van der Waals surface area contributed by atoms with Crippen molar-refractivity contribution in [3.8, 4) is 23.0 Å². The number of nitrogens with zero attached hydrogens (tertiary/aromatic N) is 1. The number of rotatable bonds is 9. The summed E-state index contributed by atoms with van der Waals surface area (Å²) < 4.78 is 16.9. The highest BCUT2D eigenvalue weighted by atomic mass is 35.5. The number of anilines is 1. The molecule has 7 heteroatoms. The zero-order valence-electron chi connectivity index (χ0n) is 19.0. The second kappa shape index (κ2) is 11.7. The molecule has 0 spiro atoms. The number of methoxy groups -OCH3 is 1. The van der Waals surface area contributed by atoms with Crippen LogP contribution in [-0.4, -0.2) is 25.8 Å². The zero-order chi connectivity index (χ0) is 24.5. The Labute approximate surface area is 208 Å². The van der Waals surface area contributed by atoms with Gasteiger partial charge in [-0.2, -0.15) is 0 Å². The lowest BCUT2D eigenvalue weighted by Gasteiger charge is -2.13. The van der Waals surface area contributed by atoms with E-state index in [0.29, 0.717) is 16.5 Å². The molecule has 0 heterocycles. The Hall–Kier alpha value is -4.29. The molecule has 176 valence electrons. The number of para-hydroxylation sites is 2. The predicted octanol–water partition coefficient (Wildman–Crippen LogP) is 6.91. The minimum atomic E-state index is -0.306. The minimum Gasteiger partial charge on any atom is -0.493 e. The van der Waals surface area contributed by atoms with Crippen molar-refractivity contribution >= 4 is 35.1 Å². The molecule has 0 saturated carbocycles. The molecule has 0 atom stereocenters. The molecule has 0 aliphatic carbocycles. The van der Waals surface area contributed by atoms with Crippen LogP contribution >= 0.6 is 11.6 Å². The summed E-state index contributed by atoms with van der Waals surface area (Å²) in [6, 6.07) is 29.6. The van der Waals surface area contributed by atoms with Crippen molar-refractivity contribution in [1.29, 1.82) is 0 Å². The maximum Gasteiger partial charge on any atom is 0.262 e. The molecule has 1 N–H and O–H groups in total. The molecule has 4 aromatic rings. The van der Waals surface area contributed by atoms with Crippen LogP contribution in [0, 0.1) is 0 Å². The van der Waals surface area contributed by atoms with Gasteiger partial charge in [0.1, 0.15) is 11.5 Å². The quantitative estimate of drug-likeness (QED) is 0.261. The maximum absolute atomic E-state index is 12.2. The number of aliphatic imine (C=N–C) groups is 1. The van der Waals surface area contributed by atoms with E-state index >= 15 is 0 Å². The van der Waals surface area contributed by atoms with Gasteiger partial charge in [0.05, 0.1) is 17.8 Å². The van der Waals surface area contributed by atoms with E-state index in [4.69, 9.17) is 25.8 Å². The third-order valence-corrected chi connectivity index (χ3v) is 5.12. The summed E-state index contributed by atoms with van der Waals surface area (Å²) in [5.41, 5.74) is 2.15. The second-order valence-corrected chi connectivity index (χ2v) is 7.81. The summed E-state index contributed by atoms with van der Waals surface area (Å²) in [6.45, 7) is -0.212. The lowest BCUT2D eigenvalue weighted by molar-refractivity contribution is -0.118. The second-order valence-electron chi connectivity index (χ2n) is 7.40. The Morgan fingerprint density at radius 3 is 2.26 bits per heavy atom. The zero-order valence-corrected chi connectivity index (χ0v) is 19.7. The first kappa shape index (κ1) is 23.9. The highest BCUT2D eigenvalue weighted by Crippen LogP contribution is 2.36. The van der Waals surface area contributed by atoms with E-state index in [-0.39, 0.29) is 18.3 Å². The number of hydrogen-bond acceptors (Lipinski definition) is 5. The van der Waals surface area contributed by atoms with Gasteiger partial charge in [-0.3, -0.25) is 9.79 Å². The van der Waals surface area contributed by atoms with Crippen LogP contribution in [0.5, 0.6) is 23.0 Å². The van der Waals surface area contributed by atoms with Gasteiger partial charge in [-0.15, -0.1) is 0 Å². The van der Waals surface area contributed by atoms with Gasteiger partial charge in [-0.1, -0.05) is 48.0 Å². The van der Waals surface area contributed by atoms with Crippen LogP contribution in [0.15, 0.2) is 102 Å². The van der Waals surface area contributed by atoms with Crippen molar-refractivity contribution in [1.82, 2.24) is 0 Å². The van der Waals surface area contributed by atoms with E-state index < -0.39 is 0 Å². The smallest absolute Gasteiger partial charge is 0.262 e. The fraction of sp³-hybridized carbons (Fsp3) is 0.0714. The lowest BCUT2D eigenvalue weighted by Crippen LogP contribution is -2.20. The third kappa shape index (κ3) is 6.85. The van der Waals surface area contributed by atoms with Gasteiger partial charge in [0, 0.05) is 11.9 Å². The molecule has 4 aromatic carbocycles. The molecule has 0 aliphatic heterocycles. The van der Waals surface area contributed by atoms with E-state index in [9.17, 15) is 4.79 Å². The van der Waals surface area contributed by atoms with Crippen molar-refractivity contribution < 1.29 is 19.0 Å². The summed E-state index contributed by atoms with van der Waals surface area (Å²) >= 11 is 6.42. The number of benzene rings is 4. The predicted molar refractivity (Wildman–Crippen MR) is 139 cm³/mol. The molecule has 1 amide bonds. The van der Waals surface area contributed by atoms with Crippen molar-refractivity contribution in [2.75, 3.05) is 19.0 Å². The van der Waals surface area contributed by atoms with Crippen molar-refractivity contribution in [2.45, 2.75) is 0 Å². The van der Waals surface area contributed by atoms with Crippen LogP contribution in [0.25, 0.3) is 0 Å². The van der Waals surface area contributed by atoms with Gasteiger partial charge < -0.3 is 19.5 Å². The van der Waals surface area contributed by atoms with Crippen LogP contribution in [0.3, 0.4) is 0 Å². The van der Waals surface area contributed by atoms with Gasteiger partial charge in [-0.05, 0) is 66.2 Å². The Morgan fingerprint density at radius 1 is 0.914 bits per heavy atom. The molecule has 0 radical (unpaired) electrons. The first-order valence-corrected chi connectivity index (χ1v) is 11.2. The Balaban J connectivity index is 1.39. The Morgan fingerprint density at radius 2 is 1.57 bits per heavy atom. The molecule has 0 bridgehead atoms. The standard InChI is InChI=1S/C28H23ClN2O4/c1-33-26-17-20(16-25(29)28(26)34-19-27(32)31-22-8-4-2-5-9-22)18-30-21-12-14-24(15-13-21)35-23-10-6-3-7-11-23/h2-18H,19H2,1H3,(H,31,32). The van der Waals surface area contributed by atoms with Crippen LogP contribution in [0.2, 0.25) is 5.02 Å². The van der Waals surface area contributed by atoms with E-state index in [1.807, 2.05) is 72.8 Å². The van der Waals surface area contributed by atoms with Crippen LogP contribution in [0.1, 0.15) is 5.56 Å². The van der Waals surface area contributed by atoms with Gasteiger partial charge in [0.25, 0.3) is 5.91 Å². The third-order valence-electron chi connectivity index (χ3n) is 4.84. The lowest BCUT2D eigenvalue weighted by atomic mass is 10.2. The molecular formula is C28H23ClN2O4. The number of ether oxygens (including phenoxy) is 3. The molecule has 0 aliphatic rings. The van der Waals surface area contributed by atoms with Crippen molar-refractivity contribution in [3.63, 3.8) is 0 Å². The fourth-order valence-corrected chi connectivity index (χ4v) is 3.46. The largest absolute Gasteiger partial charge is 0.493 e. The molecule has 6 nitrogen and oxygen atoms in total. The number of halogens is 1. The van der Waals surface area contributed by atoms with Crippen LogP contribution < -0.4 is 19.5 Å². The number of nitrogens with one attached hydrogen (secondary N) is 1. The summed E-state index contributed by atoms with van der Waals surface area (Å²) in [5, 5.41) is 3.07. The van der Waals surface area contributed by atoms with Gasteiger partial charge in [-0.25, -0.2) is 0 Å². The van der Waals surface area contributed by atoms with Crippen molar-refractivity contribution in [3.05, 3.63) is 108 Å². The maximum atomic E-state index is 12.2. The highest BCUT2D eigenvalue weighted by molar-refractivity contribution is 6.32. The van der Waals surface area contributed by atoms with E-state index in [2.05, 4.69) is 10.3 Å². The highest BCUT2D eigenvalue weighted by Gasteiger charge is 2.14. The molecule has 0 aromatic heterocycles. The number of hydrogen-bond donors (Lipinski definition) is 1. The van der Waals surface area contributed by atoms with Crippen molar-refractivity contribution in [2.24, 2.45) is 4.99 Å².